The SMILES string of the molecule is CCC(NC(=O)CN(C)S(=O)(=O)c1ccc2ccccc2c1)c1ccc(OC)cc1. The maximum atomic E-state index is 12.9. The number of methoxy groups -OCH3 is 1. The van der Waals surface area contributed by atoms with Crippen LogP contribution in [-0.2, 0) is 14.8 Å². The van der Waals surface area contributed by atoms with Crippen LogP contribution in [0.25, 0.3) is 10.8 Å². The summed E-state index contributed by atoms with van der Waals surface area (Å²) in [6, 6.07) is 19.8. The van der Waals surface area contributed by atoms with Crippen molar-refractivity contribution in [2.45, 2.75) is 24.3 Å². The van der Waals surface area contributed by atoms with Crippen molar-refractivity contribution in [3.63, 3.8) is 0 Å². The van der Waals surface area contributed by atoms with E-state index in [4.69, 9.17) is 4.74 Å². The molecule has 0 aromatic heterocycles. The lowest BCUT2D eigenvalue weighted by Gasteiger charge is -2.21. The van der Waals surface area contributed by atoms with E-state index in [9.17, 15) is 13.2 Å². The molecule has 0 spiro atoms. The monoisotopic (exact) mass is 426 g/mol. The minimum Gasteiger partial charge on any atom is -0.497 e. The van der Waals surface area contributed by atoms with E-state index in [1.165, 1.54) is 7.05 Å². The molecule has 3 aromatic carbocycles. The number of benzene rings is 3. The number of hydrogen-bond donors (Lipinski definition) is 1. The van der Waals surface area contributed by atoms with E-state index in [1.54, 1.807) is 25.3 Å². The first kappa shape index (κ1) is 21.8. The standard InChI is InChI=1S/C23H26N2O4S/c1-4-22(18-9-12-20(29-3)13-10-18)24-23(26)16-25(2)30(27,28)21-14-11-17-7-5-6-8-19(17)15-21/h5-15,22H,4,16H2,1-3H3,(H,24,26). The summed E-state index contributed by atoms with van der Waals surface area (Å²) in [4.78, 5) is 12.7. The molecule has 0 aliphatic heterocycles. The number of amides is 1. The van der Waals surface area contributed by atoms with Gasteiger partial charge in [0.15, 0.2) is 0 Å². The smallest absolute Gasteiger partial charge is 0.243 e. The first-order valence-corrected chi connectivity index (χ1v) is 11.2. The van der Waals surface area contributed by atoms with E-state index in [0.717, 1.165) is 26.4 Å². The Morgan fingerprint density at radius 2 is 1.70 bits per heavy atom. The fourth-order valence-corrected chi connectivity index (χ4v) is 4.46. The first-order chi connectivity index (χ1) is 14.3. The number of ether oxygens (including phenoxy) is 1. The highest BCUT2D eigenvalue weighted by atomic mass is 32.2. The molecule has 0 radical (unpaired) electrons. The van der Waals surface area contributed by atoms with Crippen molar-refractivity contribution >= 4 is 26.7 Å². The van der Waals surface area contributed by atoms with Crippen LogP contribution >= 0.6 is 0 Å². The van der Waals surface area contributed by atoms with Crippen LogP contribution in [0.15, 0.2) is 71.6 Å². The van der Waals surface area contributed by atoms with Gasteiger partial charge in [-0.05, 0) is 47.0 Å². The van der Waals surface area contributed by atoms with Gasteiger partial charge in [-0.15, -0.1) is 0 Å². The van der Waals surface area contributed by atoms with E-state index in [-0.39, 0.29) is 23.4 Å². The Kier molecular flexibility index (Phi) is 6.74. The summed E-state index contributed by atoms with van der Waals surface area (Å²) in [7, 11) is -0.773. The zero-order valence-electron chi connectivity index (χ0n) is 17.3. The second-order valence-corrected chi connectivity index (χ2v) is 9.12. The van der Waals surface area contributed by atoms with Crippen LogP contribution in [0.2, 0.25) is 0 Å². The van der Waals surface area contributed by atoms with Crippen LogP contribution in [0.1, 0.15) is 24.9 Å². The highest BCUT2D eigenvalue weighted by Gasteiger charge is 2.24. The molecular weight excluding hydrogens is 400 g/mol. The van der Waals surface area contributed by atoms with Crippen LogP contribution in [0.5, 0.6) is 5.75 Å². The summed E-state index contributed by atoms with van der Waals surface area (Å²) in [5.41, 5.74) is 0.937. The predicted octanol–water partition coefficient (Wildman–Crippen LogP) is 3.74. The Morgan fingerprint density at radius 1 is 1.03 bits per heavy atom. The zero-order chi connectivity index (χ0) is 21.7. The molecule has 0 heterocycles. The minimum absolute atomic E-state index is 0.165. The predicted molar refractivity (Wildman–Crippen MR) is 118 cm³/mol. The number of carbonyl (C=O) groups is 1. The summed E-state index contributed by atoms with van der Waals surface area (Å²) in [6.07, 6.45) is 0.680. The van der Waals surface area contributed by atoms with E-state index in [1.807, 2.05) is 55.5 Å². The van der Waals surface area contributed by atoms with Crippen LogP contribution in [0.4, 0.5) is 0 Å². The number of fused-ring (bicyclic) bond motifs is 1. The van der Waals surface area contributed by atoms with Crippen molar-refractivity contribution in [2.24, 2.45) is 0 Å². The molecular formula is C23H26N2O4S. The van der Waals surface area contributed by atoms with E-state index in [0.29, 0.717) is 6.42 Å². The van der Waals surface area contributed by atoms with E-state index in [2.05, 4.69) is 5.32 Å². The fourth-order valence-electron chi connectivity index (χ4n) is 3.29. The molecule has 30 heavy (non-hydrogen) atoms. The Bertz CT molecular complexity index is 1130. The van der Waals surface area contributed by atoms with Gasteiger partial charge in [-0.2, -0.15) is 4.31 Å². The van der Waals surface area contributed by atoms with Crippen molar-refractivity contribution in [2.75, 3.05) is 20.7 Å². The summed E-state index contributed by atoms with van der Waals surface area (Å²) >= 11 is 0. The zero-order valence-corrected chi connectivity index (χ0v) is 18.1. The van der Waals surface area contributed by atoms with Crippen LogP contribution < -0.4 is 10.1 Å². The molecule has 0 fully saturated rings. The highest BCUT2D eigenvalue weighted by Crippen LogP contribution is 2.22. The Hall–Kier alpha value is -2.90. The quantitative estimate of drug-likeness (QED) is 0.595. The Labute approximate surface area is 177 Å². The highest BCUT2D eigenvalue weighted by molar-refractivity contribution is 7.89. The maximum absolute atomic E-state index is 12.9. The number of nitrogens with one attached hydrogen (secondary N) is 1. The first-order valence-electron chi connectivity index (χ1n) is 9.73. The van der Waals surface area contributed by atoms with Gasteiger partial charge < -0.3 is 10.1 Å². The van der Waals surface area contributed by atoms with Gasteiger partial charge in [0, 0.05) is 7.05 Å². The lowest BCUT2D eigenvalue weighted by Crippen LogP contribution is -2.39. The summed E-state index contributed by atoms with van der Waals surface area (Å²) in [5, 5.41) is 4.71. The van der Waals surface area contributed by atoms with Gasteiger partial charge in [-0.25, -0.2) is 8.42 Å². The molecule has 0 saturated heterocycles. The number of likely N-dealkylation sites (N-methyl/N-ethyl adjacent to an activating group) is 1. The van der Waals surface area contributed by atoms with Crippen LogP contribution in [-0.4, -0.2) is 39.3 Å². The summed E-state index contributed by atoms with van der Waals surface area (Å²) < 4.78 is 32.1. The van der Waals surface area contributed by atoms with E-state index >= 15 is 0 Å². The van der Waals surface area contributed by atoms with Gasteiger partial charge in [0.2, 0.25) is 15.9 Å². The molecule has 0 aliphatic carbocycles. The van der Waals surface area contributed by atoms with Crippen molar-refractivity contribution < 1.29 is 17.9 Å². The van der Waals surface area contributed by atoms with Crippen molar-refractivity contribution in [3.05, 3.63) is 72.3 Å². The number of hydrogen-bond acceptors (Lipinski definition) is 4. The lowest BCUT2D eigenvalue weighted by molar-refractivity contribution is -0.121. The van der Waals surface area contributed by atoms with Crippen LogP contribution in [0.3, 0.4) is 0 Å². The summed E-state index contributed by atoms with van der Waals surface area (Å²) in [5.74, 6) is 0.380. The van der Waals surface area contributed by atoms with Crippen molar-refractivity contribution in [1.29, 1.82) is 0 Å². The molecule has 0 aliphatic rings. The fraction of sp³-hybridized carbons (Fsp3) is 0.261. The molecule has 6 nitrogen and oxygen atoms in total. The molecule has 1 N–H and O–H groups in total. The van der Waals surface area contributed by atoms with Gasteiger partial charge in [0.05, 0.1) is 24.6 Å². The molecule has 7 heteroatoms. The topological polar surface area (TPSA) is 75.7 Å². The van der Waals surface area contributed by atoms with Gasteiger partial charge >= 0.3 is 0 Å². The largest absolute Gasteiger partial charge is 0.497 e. The van der Waals surface area contributed by atoms with E-state index < -0.39 is 10.0 Å². The molecule has 0 bridgehead atoms. The molecule has 3 rings (SSSR count). The van der Waals surface area contributed by atoms with Gasteiger partial charge in [0.1, 0.15) is 5.75 Å². The molecule has 3 aromatic rings. The second kappa shape index (κ2) is 9.28. The number of rotatable bonds is 8. The average molecular weight is 427 g/mol. The van der Waals surface area contributed by atoms with Gasteiger partial charge in [-0.3, -0.25) is 4.79 Å². The Morgan fingerprint density at radius 3 is 2.33 bits per heavy atom. The Balaban J connectivity index is 1.70. The average Bonchev–Trinajstić information content (AvgIpc) is 2.77. The van der Waals surface area contributed by atoms with Gasteiger partial charge in [0.25, 0.3) is 0 Å². The number of carbonyl (C=O) groups excluding carboxylic acids is 1. The van der Waals surface area contributed by atoms with Crippen LogP contribution in [0, 0.1) is 0 Å². The third-order valence-corrected chi connectivity index (χ3v) is 6.86. The number of sulfonamides is 1. The normalized spacial score (nSPS) is 12.7. The molecule has 158 valence electrons. The molecule has 1 unspecified atom stereocenters. The minimum atomic E-state index is -3.79. The van der Waals surface area contributed by atoms with Gasteiger partial charge in [-0.1, -0.05) is 49.4 Å². The van der Waals surface area contributed by atoms with Crippen molar-refractivity contribution in [3.8, 4) is 5.75 Å². The third kappa shape index (κ3) is 4.80. The lowest BCUT2D eigenvalue weighted by atomic mass is 10.0. The molecule has 1 atom stereocenters. The van der Waals surface area contributed by atoms with Crippen molar-refractivity contribution in [1.82, 2.24) is 9.62 Å². The molecule has 1 amide bonds. The molecule has 0 saturated carbocycles. The summed E-state index contributed by atoms with van der Waals surface area (Å²) in [6.45, 7) is 1.70. The second-order valence-electron chi connectivity index (χ2n) is 7.07. The number of nitrogens with zero attached hydrogens (tertiary/aromatic N) is 1. The third-order valence-electron chi connectivity index (χ3n) is 5.06. The maximum Gasteiger partial charge on any atom is 0.243 e.